The summed E-state index contributed by atoms with van der Waals surface area (Å²) in [6.07, 6.45) is -0.502. The number of hydrogen-bond acceptors (Lipinski definition) is 5. The van der Waals surface area contributed by atoms with Crippen molar-refractivity contribution in [3.05, 3.63) is 54.1 Å². The molecular weight excluding hydrogens is 380 g/mol. The number of hydrogen-bond donors (Lipinski definition) is 2. The van der Waals surface area contributed by atoms with Crippen molar-refractivity contribution in [2.24, 2.45) is 0 Å². The number of carbonyl (C=O) groups is 2. The summed E-state index contributed by atoms with van der Waals surface area (Å²) in [4.78, 5) is 29.0. The van der Waals surface area contributed by atoms with Gasteiger partial charge in [-0.3, -0.25) is 14.5 Å². The van der Waals surface area contributed by atoms with Crippen LogP contribution in [0.4, 0.5) is 11.4 Å². The number of nitrogens with one attached hydrogen (secondary N) is 2. The van der Waals surface area contributed by atoms with E-state index in [0.717, 1.165) is 38.4 Å². The fourth-order valence-corrected chi connectivity index (χ4v) is 3.85. The number of nitrogens with zero attached hydrogens (tertiary/aromatic N) is 2. The molecule has 0 aromatic heterocycles. The predicted molar refractivity (Wildman–Crippen MR) is 117 cm³/mol. The Kier molecular flexibility index (Phi) is 5.90. The molecule has 4 rings (SSSR count). The van der Waals surface area contributed by atoms with Gasteiger partial charge in [-0.1, -0.05) is 30.3 Å². The highest BCUT2D eigenvalue weighted by Crippen LogP contribution is 2.32. The first-order valence-corrected chi connectivity index (χ1v) is 10.4. The molecule has 0 spiro atoms. The van der Waals surface area contributed by atoms with E-state index in [-0.39, 0.29) is 17.9 Å². The average molecular weight is 409 g/mol. The molecule has 1 saturated heterocycles. The van der Waals surface area contributed by atoms with Gasteiger partial charge in [0, 0.05) is 38.4 Å². The molecule has 0 radical (unpaired) electrons. The Bertz CT molecular complexity index is 910. The molecular formula is C23H28N4O3. The summed E-state index contributed by atoms with van der Waals surface area (Å²) in [5.74, 6) is 0.555. The zero-order chi connectivity index (χ0) is 21.1. The number of benzene rings is 2. The van der Waals surface area contributed by atoms with Gasteiger partial charge in [0.1, 0.15) is 11.8 Å². The molecule has 2 aromatic rings. The molecule has 0 saturated carbocycles. The fourth-order valence-electron chi connectivity index (χ4n) is 3.85. The molecule has 0 aliphatic carbocycles. The van der Waals surface area contributed by atoms with Crippen LogP contribution in [-0.4, -0.2) is 59.9 Å². The van der Waals surface area contributed by atoms with E-state index in [1.54, 1.807) is 13.0 Å². The number of ether oxygens (including phenoxy) is 1. The van der Waals surface area contributed by atoms with Gasteiger partial charge in [-0.2, -0.15) is 0 Å². The number of carbonyl (C=O) groups excluding carboxylic acids is 2. The van der Waals surface area contributed by atoms with Crippen molar-refractivity contribution in [1.29, 1.82) is 0 Å². The lowest BCUT2D eigenvalue weighted by Gasteiger charge is -2.36. The standard InChI is InChI=1S/C23H28N4O3/c1-16(24-19-8-9-21-20(14-19)25-22(28)17(2)30-21)23(29)27-12-10-26(11-13-27)15-18-6-4-3-5-7-18/h3-9,14,16-17,24H,10-13,15H2,1-2H3,(H,25,28). The third-order valence-corrected chi connectivity index (χ3v) is 5.60. The number of piperazine rings is 1. The molecule has 2 heterocycles. The third kappa shape index (κ3) is 4.57. The molecule has 2 aromatic carbocycles. The van der Waals surface area contributed by atoms with Crippen molar-refractivity contribution in [3.63, 3.8) is 0 Å². The molecule has 30 heavy (non-hydrogen) atoms. The summed E-state index contributed by atoms with van der Waals surface area (Å²) in [6, 6.07) is 15.5. The van der Waals surface area contributed by atoms with E-state index in [1.807, 2.05) is 30.0 Å². The summed E-state index contributed by atoms with van der Waals surface area (Å²) < 4.78 is 5.58. The van der Waals surface area contributed by atoms with E-state index in [2.05, 4.69) is 39.8 Å². The zero-order valence-electron chi connectivity index (χ0n) is 17.4. The lowest BCUT2D eigenvalue weighted by molar-refractivity contribution is -0.133. The van der Waals surface area contributed by atoms with Crippen molar-refractivity contribution in [2.75, 3.05) is 36.8 Å². The van der Waals surface area contributed by atoms with Crippen LogP contribution in [0.15, 0.2) is 48.5 Å². The topological polar surface area (TPSA) is 73.9 Å². The number of anilines is 2. The first-order chi connectivity index (χ1) is 14.5. The quantitative estimate of drug-likeness (QED) is 0.796. The minimum Gasteiger partial charge on any atom is -0.479 e. The molecule has 2 aliphatic rings. The normalized spacial score (nSPS) is 20.0. The van der Waals surface area contributed by atoms with E-state index in [4.69, 9.17) is 4.74 Å². The van der Waals surface area contributed by atoms with Crippen LogP contribution in [0.1, 0.15) is 19.4 Å². The maximum absolute atomic E-state index is 12.9. The molecule has 2 N–H and O–H groups in total. The van der Waals surface area contributed by atoms with E-state index in [1.165, 1.54) is 5.56 Å². The number of amides is 2. The second kappa shape index (κ2) is 8.75. The van der Waals surface area contributed by atoms with Gasteiger partial charge < -0.3 is 20.3 Å². The minimum atomic E-state index is -0.502. The van der Waals surface area contributed by atoms with Gasteiger partial charge in [0.15, 0.2) is 6.10 Å². The molecule has 2 aliphatic heterocycles. The zero-order valence-corrected chi connectivity index (χ0v) is 17.4. The van der Waals surface area contributed by atoms with Crippen molar-refractivity contribution >= 4 is 23.2 Å². The summed E-state index contributed by atoms with van der Waals surface area (Å²) in [6.45, 7) is 7.69. The smallest absolute Gasteiger partial charge is 0.265 e. The van der Waals surface area contributed by atoms with Crippen molar-refractivity contribution in [3.8, 4) is 5.75 Å². The molecule has 0 bridgehead atoms. The molecule has 7 nitrogen and oxygen atoms in total. The molecule has 7 heteroatoms. The molecule has 2 amide bonds. The maximum Gasteiger partial charge on any atom is 0.265 e. The fraction of sp³-hybridized carbons (Fsp3) is 0.391. The highest BCUT2D eigenvalue weighted by atomic mass is 16.5. The Balaban J connectivity index is 1.30. The summed E-state index contributed by atoms with van der Waals surface area (Å²) in [5.41, 5.74) is 2.69. The van der Waals surface area contributed by atoms with E-state index < -0.39 is 6.10 Å². The summed E-state index contributed by atoms with van der Waals surface area (Å²) in [5, 5.41) is 6.09. The van der Waals surface area contributed by atoms with Gasteiger partial charge in [0.25, 0.3) is 5.91 Å². The molecule has 158 valence electrons. The van der Waals surface area contributed by atoms with Gasteiger partial charge in [0.05, 0.1) is 5.69 Å². The SMILES string of the molecule is CC(Nc1ccc2c(c1)NC(=O)C(C)O2)C(=O)N1CCN(Cc2ccccc2)CC1. The van der Waals surface area contributed by atoms with Gasteiger partial charge in [-0.05, 0) is 37.6 Å². The summed E-state index contributed by atoms with van der Waals surface area (Å²) in [7, 11) is 0. The minimum absolute atomic E-state index is 0.0842. The van der Waals surface area contributed by atoms with Crippen LogP contribution in [0.2, 0.25) is 0 Å². The first kappa shape index (κ1) is 20.2. The lowest BCUT2D eigenvalue weighted by Crippen LogP contribution is -2.51. The maximum atomic E-state index is 12.9. The Morgan fingerprint density at radius 3 is 2.63 bits per heavy atom. The average Bonchev–Trinajstić information content (AvgIpc) is 2.75. The van der Waals surface area contributed by atoms with Gasteiger partial charge in [-0.25, -0.2) is 0 Å². The largest absolute Gasteiger partial charge is 0.479 e. The highest BCUT2D eigenvalue weighted by molar-refractivity contribution is 5.98. The number of fused-ring (bicyclic) bond motifs is 1. The third-order valence-electron chi connectivity index (χ3n) is 5.60. The van der Waals surface area contributed by atoms with Crippen molar-refractivity contribution in [2.45, 2.75) is 32.5 Å². The van der Waals surface area contributed by atoms with Crippen molar-refractivity contribution < 1.29 is 14.3 Å². The van der Waals surface area contributed by atoms with Crippen LogP contribution in [0.25, 0.3) is 0 Å². The Labute approximate surface area is 177 Å². The molecule has 1 fully saturated rings. The van der Waals surface area contributed by atoms with Gasteiger partial charge in [0.2, 0.25) is 5.91 Å². The van der Waals surface area contributed by atoms with Gasteiger partial charge in [-0.15, -0.1) is 0 Å². The second-order valence-corrected chi connectivity index (χ2v) is 7.91. The number of rotatable bonds is 5. The van der Waals surface area contributed by atoms with Crippen LogP contribution in [0.3, 0.4) is 0 Å². The monoisotopic (exact) mass is 408 g/mol. The molecule has 2 atom stereocenters. The lowest BCUT2D eigenvalue weighted by atomic mass is 10.1. The van der Waals surface area contributed by atoms with Crippen LogP contribution < -0.4 is 15.4 Å². The van der Waals surface area contributed by atoms with Crippen LogP contribution in [-0.2, 0) is 16.1 Å². The van der Waals surface area contributed by atoms with E-state index in [0.29, 0.717) is 11.4 Å². The van der Waals surface area contributed by atoms with Crippen LogP contribution in [0, 0.1) is 0 Å². The van der Waals surface area contributed by atoms with Crippen LogP contribution in [0.5, 0.6) is 5.75 Å². The van der Waals surface area contributed by atoms with E-state index >= 15 is 0 Å². The Morgan fingerprint density at radius 1 is 1.17 bits per heavy atom. The Hall–Kier alpha value is -3.06. The second-order valence-electron chi connectivity index (χ2n) is 7.91. The Morgan fingerprint density at radius 2 is 1.90 bits per heavy atom. The van der Waals surface area contributed by atoms with Crippen LogP contribution >= 0.6 is 0 Å². The molecule has 2 unspecified atom stereocenters. The summed E-state index contributed by atoms with van der Waals surface area (Å²) >= 11 is 0. The predicted octanol–water partition coefficient (Wildman–Crippen LogP) is 2.55. The van der Waals surface area contributed by atoms with E-state index in [9.17, 15) is 9.59 Å². The van der Waals surface area contributed by atoms with Gasteiger partial charge >= 0.3 is 0 Å². The van der Waals surface area contributed by atoms with Crippen molar-refractivity contribution in [1.82, 2.24) is 9.80 Å². The highest BCUT2D eigenvalue weighted by Gasteiger charge is 2.26. The first-order valence-electron chi connectivity index (χ1n) is 10.4.